The Morgan fingerprint density at radius 1 is 0.947 bits per heavy atom. The first-order valence-corrected chi connectivity index (χ1v) is 5.66. The maximum atomic E-state index is 13.4. The van der Waals surface area contributed by atoms with Crippen molar-refractivity contribution in [3.63, 3.8) is 0 Å². The Labute approximate surface area is 109 Å². The van der Waals surface area contributed by atoms with Gasteiger partial charge in [-0.2, -0.15) is 0 Å². The summed E-state index contributed by atoms with van der Waals surface area (Å²) in [5.74, 6) is -1.58. The van der Waals surface area contributed by atoms with Gasteiger partial charge < -0.3 is 4.74 Å². The molecule has 0 aliphatic rings. The Kier molecular flexibility index (Phi) is 3.71. The molecule has 19 heavy (non-hydrogen) atoms. The summed E-state index contributed by atoms with van der Waals surface area (Å²) < 4.78 is 18.5. The molecule has 4 heteroatoms. The summed E-state index contributed by atoms with van der Waals surface area (Å²) in [6.45, 7) is 1.37. The van der Waals surface area contributed by atoms with Crippen molar-refractivity contribution in [1.29, 1.82) is 0 Å². The van der Waals surface area contributed by atoms with Crippen molar-refractivity contribution in [1.82, 2.24) is 0 Å². The second-order valence-corrected chi connectivity index (χ2v) is 3.92. The first kappa shape index (κ1) is 13.0. The Balaban J connectivity index is 2.30. The number of carbonyl (C=O) groups excluding carboxylic acids is 2. The van der Waals surface area contributed by atoms with Gasteiger partial charge in [0.05, 0.1) is 11.1 Å². The van der Waals surface area contributed by atoms with Gasteiger partial charge in [-0.25, -0.2) is 9.18 Å². The van der Waals surface area contributed by atoms with E-state index in [1.165, 1.54) is 37.3 Å². The van der Waals surface area contributed by atoms with Gasteiger partial charge in [-0.05, 0) is 31.2 Å². The van der Waals surface area contributed by atoms with Gasteiger partial charge in [0.1, 0.15) is 11.6 Å². The van der Waals surface area contributed by atoms with Gasteiger partial charge in [0.25, 0.3) is 0 Å². The molecule has 3 nitrogen and oxygen atoms in total. The minimum atomic E-state index is -0.827. The van der Waals surface area contributed by atoms with E-state index in [4.69, 9.17) is 4.74 Å². The quantitative estimate of drug-likeness (QED) is 0.482. The number of para-hydroxylation sites is 1. The molecule has 0 aromatic heterocycles. The second kappa shape index (κ2) is 5.44. The summed E-state index contributed by atoms with van der Waals surface area (Å²) in [6, 6.07) is 11.9. The maximum Gasteiger partial charge on any atom is 0.346 e. The molecule has 2 rings (SSSR count). The average Bonchev–Trinajstić information content (AvgIpc) is 2.39. The van der Waals surface area contributed by atoms with Gasteiger partial charge in [0, 0.05) is 0 Å². The van der Waals surface area contributed by atoms with Gasteiger partial charge in [-0.1, -0.05) is 24.3 Å². The highest BCUT2D eigenvalue weighted by Crippen LogP contribution is 2.20. The fourth-order valence-electron chi connectivity index (χ4n) is 1.63. The zero-order chi connectivity index (χ0) is 13.8. The fraction of sp³-hybridized carbons (Fsp3) is 0.0667. The van der Waals surface area contributed by atoms with Crippen LogP contribution in [-0.2, 0) is 0 Å². The number of carbonyl (C=O) groups is 2. The van der Waals surface area contributed by atoms with Crippen LogP contribution < -0.4 is 4.74 Å². The number of esters is 1. The lowest BCUT2D eigenvalue weighted by molar-refractivity contribution is 0.0728. The summed E-state index contributed by atoms with van der Waals surface area (Å²) in [7, 11) is 0. The van der Waals surface area contributed by atoms with Crippen LogP contribution in [0.1, 0.15) is 27.6 Å². The second-order valence-electron chi connectivity index (χ2n) is 3.92. The highest BCUT2D eigenvalue weighted by atomic mass is 19.1. The topological polar surface area (TPSA) is 43.4 Å². The molecule has 0 heterocycles. The molecule has 0 fully saturated rings. The third-order valence-corrected chi connectivity index (χ3v) is 2.56. The lowest BCUT2D eigenvalue weighted by Gasteiger charge is -2.08. The third-order valence-electron chi connectivity index (χ3n) is 2.56. The summed E-state index contributed by atoms with van der Waals surface area (Å²) in [5.41, 5.74) is 0.119. The molecule has 0 N–H and O–H groups in total. The molecule has 0 aliphatic heterocycles. The minimum absolute atomic E-state index is 0.128. The third kappa shape index (κ3) is 2.85. The van der Waals surface area contributed by atoms with E-state index < -0.39 is 11.8 Å². The van der Waals surface area contributed by atoms with E-state index in [0.717, 1.165) is 0 Å². The molecular weight excluding hydrogens is 247 g/mol. The van der Waals surface area contributed by atoms with Crippen molar-refractivity contribution < 1.29 is 18.7 Å². The highest BCUT2D eigenvalue weighted by Gasteiger charge is 2.16. The van der Waals surface area contributed by atoms with Crippen molar-refractivity contribution in [3.8, 4) is 5.75 Å². The largest absolute Gasteiger partial charge is 0.422 e. The van der Waals surface area contributed by atoms with Gasteiger partial charge >= 0.3 is 5.97 Å². The first-order chi connectivity index (χ1) is 9.09. The summed E-state index contributed by atoms with van der Waals surface area (Å²) >= 11 is 0. The molecule has 0 amide bonds. The van der Waals surface area contributed by atoms with Crippen molar-refractivity contribution in [3.05, 3.63) is 65.5 Å². The number of ether oxygens (including phenoxy) is 1. The summed E-state index contributed by atoms with van der Waals surface area (Å²) in [4.78, 5) is 23.2. The number of hydrogen-bond donors (Lipinski definition) is 0. The van der Waals surface area contributed by atoms with Gasteiger partial charge in [0.2, 0.25) is 0 Å². The molecule has 2 aromatic carbocycles. The van der Waals surface area contributed by atoms with Crippen LogP contribution in [0.2, 0.25) is 0 Å². The predicted octanol–water partition coefficient (Wildman–Crippen LogP) is 3.25. The smallest absolute Gasteiger partial charge is 0.346 e. The highest BCUT2D eigenvalue weighted by molar-refractivity contribution is 5.99. The molecule has 0 atom stereocenters. The number of Topliss-reactive ketones (excluding diaryl/α,β-unsaturated/α-hetero) is 1. The van der Waals surface area contributed by atoms with Crippen molar-refractivity contribution in [2.24, 2.45) is 0 Å². The van der Waals surface area contributed by atoms with Crippen molar-refractivity contribution >= 4 is 11.8 Å². The molecule has 0 aliphatic carbocycles. The van der Waals surface area contributed by atoms with Crippen LogP contribution in [0.15, 0.2) is 48.5 Å². The van der Waals surface area contributed by atoms with E-state index in [0.29, 0.717) is 0 Å². The maximum absolute atomic E-state index is 13.4. The molecule has 96 valence electrons. The SMILES string of the molecule is CC(=O)c1ccccc1OC(=O)c1ccccc1F. The molecule has 2 aromatic rings. The van der Waals surface area contributed by atoms with Crippen molar-refractivity contribution in [2.75, 3.05) is 0 Å². The Bertz CT molecular complexity index is 635. The molecule has 0 unspecified atom stereocenters. The standard InChI is InChI=1S/C15H11FO3/c1-10(17)11-6-3-5-9-14(11)19-15(18)12-7-2-4-8-13(12)16/h2-9H,1H3. The lowest BCUT2D eigenvalue weighted by atomic mass is 10.1. The number of benzene rings is 2. The molecule has 0 radical (unpaired) electrons. The van der Waals surface area contributed by atoms with Crippen LogP contribution in [0.3, 0.4) is 0 Å². The van der Waals surface area contributed by atoms with E-state index in [9.17, 15) is 14.0 Å². The van der Waals surface area contributed by atoms with E-state index in [1.54, 1.807) is 18.2 Å². The molecule has 0 saturated carbocycles. The Morgan fingerprint density at radius 3 is 2.16 bits per heavy atom. The van der Waals surface area contributed by atoms with E-state index in [-0.39, 0.29) is 22.7 Å². The van der Waals surface area contributed by atoms with Crippen molar-refractivity contribution in [2.45, 2.75) is 6.92 Å². The summed E-state index contributed by atoms with van der Waals surface area (Å²) in [6.07, 6.45) is 0. The lowest BCUT2D eigenvalue weighted by Crippen LogP contribution is -2.12. The van der Waals surface area contributed by atoms with Gasteiger partial charge in [-0.3, -0.25) is 4.79 Å². The number of rotatable bonds is 3. The zero-order valence-electron chi connectivity index (χ0n) is 10.2. The molecular formula is C15H11FO3. The number of hydrogen-bond acceptors (Lipinski definition) is 3. The first-order valence-electron chi connectivity index (χ1n) is 5.66. The van der Waals surface area contributed by atoms with Gasteiger partial charge in [0.15, 0.2) is 5.78 Å². The monoisotopic (exact) mass is 258 g/mol. The molecule has 0 saturated heterocycles. The van der Waals surface area contributed by atoms with E-state index in [2.05, 4.69) is 0 Å². The van der Waals surface area contributed by atoms with Crippen LogP contribution in [0, 0.1) is 5.82 Å². The van der Waals surface area contributed by atoms with Crippen LogP contribution in [0.4, 0.5) is 4.39 Å². The Morgan fingerprint density at radius 2 is 1.53 bits per heavy atom. The van der Waals surface area contributed by atoms with E-state index in [1.807, 2.05) is 0 Å². The van der Waals surface area contributed by atoms with Crippen LogP contribution in [-0.4, -0.2) is 11.8 Å². The predicted molar refractivity (Wildman–Crippen MR) is 67.8 cm³/mol. The van der Waals surface area contributed by atoms with Crippen LogP contribution in [0.25, 0.3) is 0 Å². The number of halogens is 1. The molecule has 0 bridgehead atoms. The minimum Gasteiger partial charge on any atom is -0.422 e. The van der Waals surface area contributed by atoms with Crippen LogP contribution >= 0.6 is 0 Å². The van der Waals surface area contributed by atoms with Crippen LogP contribution in [0.5, 0.6) is 5.75 Å². The zero-order valence-corrected chi connectivity index (χ0v) is 10.2. The number of ketones is 1. The summed E-state index contributed by atoms with van der Waals surface area (Å²) in [5, 5.41) is 0. The normalized spacial score (nSPS) is 10.0. The van der Waals surface area contributed by atoms with Gasteiger partial charge in [-0.15, -0.1) is 0 Å². The molecule has 0 spiro atoms. The fourth-order valence-corrected chi connectivity index (χ4v) is 1.63. The van der Waals surface area contributed by atoms with E-state index >= 15 is 0 Å². The Hall–Kier alpha value is -2.49. The average molecular weight is 258 g/mol.